The van der Waals surface area contributed by atoms with Gasteiger partial charge in [-0.05, 0) is 22.5 Å². The van der Waals surface area contributed by atoms with Gasteiger partial charge in [0.05, 0.1) is 0 Å². The van der Waals surface area contributed by atoms with Gasteiger partial charge in [-0.2, -0.15) is 0 Å². The lowest BCUT2D eigenvalue weighted by molar-refractivity contribution is 1.34. The molecule has 1 aliphatic heterocycles. The van der Waals surface area contributed by atoms with Crippen molar-refractivity contribution in [3.8, 4) is 0 Å². The van der Waals surface area contributed by atoms with Crippen LogP contribution in [0.4, 0.5) is 11.4 Å². The van der Waals surface area contributed by atoms with E-state index in [0.717, 1.165) is 9.52 Å². The Balaban J connectivity index is 2.12. The molecule has 14 heavy (non-hydrogen) atoms. The molecule has 0 aliphatic carbocycles. The van der Waals surface area contributed by atoms with E-state index < -0.39 is 0 Å². The Morgan fingerprint density at radius 2 is 1.86 bits per heavy atom. The largest absolute Gasteiger partial charge is 0.356 e. The molecule has 2 nitrogen and oxygen atoms in total. The van der Waals surface area contributed by atoms with Gasteiger partial charge >= 0.3 is 0 Å². The smallest absolute Gasteiger partial charge is 0.129 e. The van der Waals surface area contributed by atoms with Crippen LogP contribution in [0.2, 0.25) is 0 Å². The monoisotopic (exact) mass is 196 g/mol. The van der Waals surface area contributed by atoms with Crippen molar-refractivity contribution in [3.63, 3.8) is 0 Å². The molecule has 0 atom stereocenters. The molecule has 0 unspecified atom stereocenters. The van der Waals surface area contributed by atoms with E-state index in [1.54, 1.807) is 0 Å². The summed E-state index contributed by atoms with van der Waals surface area (Å²) in [5.41, 5.74) is 2.42. The van der Waals surface area contributed by atoms with Crippen molar-refractivity contribution in [2.24, 2.45) is 0 Å². The number of anilines is 2. The van der Waals surface area contributed by atoms with Gasteiger partial charge in [0.2, 0.25) is 0 Å². The zero-order chi connectivity index (χ0) is 9.38. The summed E-state index contributed by atoms with van der Waals surface area (Å²) in [5, 5.41) is 6.07. The van der Waals surface area contributed by atoms with Crippen molar-refractivity contribution in [3.05, 3.63) is 42.7 Å². The molecule has 0 amide bonds. The number of nitrogens with zero attached hydrogens (tertiary/aromatic N) is 1. The SMILES string of the molecule is c1ccc2c(c1)Nc1ccncc1[Si]2. The summed E-state index contributed by atoms with van der Waals surface area (Å²) in [7, 11) is 0.719. The Morgan fingerprint density at radius 3 is 2.86 bits per heavy atom. The minimum Gasteiger partial charge on any atom is -0.356 e. The molecular formula is C11H8N2Si. The molecule has 66 valence electrons. The first-order chi connectivity index (χ1) is 6.93. The molecule has 1 aromatic heterocycles. The number of fused-ring (bicyclic) bond motifs is 2. The van der Waals surface area contributed by atoms with E-state index in [2.05, 4.69) is 34.6 Å². The van der Waals surface area contributed by atoms with E-state index in [9.17, 15) is 0 Å². The lowest BCUT2D eigenvalue weighted by atomic mass is 10.3. The van der Waals surface area contributed by atoms with Crippen molar-refractivity contribution in [1.82, 2.24) is 4.98 Å². The standard InChI is InChI=1S/C11H8N2Si/c1-2-4-10-8(3-1)13-9-5-6-12-7-11(9)14-10/h1-7,13H. The summed E-state index contributed by atoms with van der Waals surface area (Å²) >= 11 is 0. The fourth-order valence-electron chi connectivity index (χ4n) is 1.59. The van der Waals surface area contributed by atoms with Gasteiger partial charge in [-0.25, -0.2) is 0 Å². The minimum absolute atomic E-state index is 0.719. The fourth-order valence-corrected chi connectivity index (χ4v) is 2.76. The molecule has 2 aromatic rings. The van der Waals surface area contributed by atoms with Crippen LogP contribution in [-0.2, 0) is 0 Å². The number of nitrogens with one attached hydrogen (secondary N) is 1. The molecule has 0 spiro atoms. The van der Waals surface area contributed by atoms with Crippen molar-refractivity contribution in [2.75, 3.05) is 5.32 Å². The van der Waals surface area contributed by atoms with Crippen LogP contribution in [0, 0.1) is 0 Å². The maximum absolute atomic E-state index is 4.14. The van der Waals surface area contributed by atoms with Crippen LogP contribution in [0.15, 0.2) is 42.7 Å². The summed E-state index contributed by atoms with van der Waals surface area (Å²) in [5.74, 6) is 0. The van der Waals surface area contributed by atoms with Crippen molar-refractivity contribution < 1.29 is 0 Å². The van der Waals surface area contributed by atoms with E-state index in [1.165, 1.54) is 21.7 Å². The molecule has 1 aromatic carbocycles. The predicted molar refractivity (Wildman–Crippen MR) is 59.0 cm³/mol. The number of hydrogen-bond acceptors (Lipinski definition) is 2. The van der Waals surface area contributed by atoms with Crippen LogP contribution in [0.25, 0.3) is 0 Å². The molecule has 0 fully saturated rings. The van der Waals surface area contributed by atoms with Gasteiger partial charge in [-0.15, -0.1) is 0 Å². The average molecular weight is 196 g/mol. The number of hydrogen-bond donors (Lipinski definition) is 1. The van der Waals surface area contributed by atoms with Gasteiger partial charge in [-0.3, -0.25) is 4.98 Å². The Kier molecular flexibility index (Phi) is 1.64. The highest BCUT2D eigenvalue weighted by Crippen LogP contribution is 2.15. The molecule has 3 heteroatoms. The van der Waals surface area contributed by atoms with Crippen LogP contribution < -0.4 is 15.7 Å². The maximum Gasteiger partial charge on any atom is 0.129 e. The van der Waals surface area contributed by atoms with E-state index >= 15 is 0 Å². The Bertz CT molecular complexity index is 395. The van der Waals surface area contributed by atoms with Gasteiger partial charge < -0.3 is 5.32 Å². The molecule has 2 heterocycles. The number of rotatable bonds is 0. The molecule has 1 N–H and O–H groups in total. The second-order valence-electron chi connectivity index (χ2n) is 3.22. The molecule has 1 aliphatic rings. The molecular weight excluding hydrogens is 188 g/mol. The van der Waals surface area contributed by atoms with Gasteiger partial charge in [0.25, 0.3) is 0 Å². The van der Waals surface area contributed by atoms with Crippen LogP contribution in [0.5, 0.6) is 0 Å². The third-order valence-electron chi connectivity index (χ3n) is 2.29. The zero-order valence-electron chi connectivity index (χ0n) is 7.49. The minimum atomic E-state index is 0.719. The highest BCUT2D eigenvalue weighted by atomic mass is 28.2. The molecule has 0 saturated carbocycles. The first-order valence-electron chi connectivity index (χ1n) is 4.50. The Labute approximate surface area is 84.8 Å². The van der Waals surface area contributed by atoms with Crippen LogP contribution >= 0.6 is 0 Å². The summed E-state index contributed by atoms with van der Waals surface area (Å²) in [4.78, 5) is 4.14. The summed E-state index contributed by atoms with van der Waals surface area (Å²) < 4.78 is 0. The average Bonchev–Trinajstić information content (AvgIpc) is 2.26. The molecule has 3 rings (SSSR count). The van der Waals surface area contributed by atoms with Crippen molar-refractivity contribution in [1.29, 1.82) is 0 Å². The highest BCUT2D eigenvalue weighted by Gasteiger charge is 2.14. The van der Waals surface area contributed by atoms with Gasteiger partial charge in [0.15, 0.2) is 0 Å². The topological polar surface area (TPSA) is 24.9 Å². The number of para-hydroxylation sites is 1. The van der Waals surface area contributed by atoms with Crippen LogP contribution in [0.1, 0.15) is 0 Å². The van der Waals surface area contributed by atoms with Crippen molar-refractivity contribution in [2.45, 2.75) is 0 Å². The first kappa shape index (κ1) is 7.76. The van der Waals surface area contributed by atoms with Crippen molar-refractivity contribution >= 4 is 31.3 Å². The predicted octanol–water partition coefficient (Wildman–Crippen LogP) is 0.794. The molecule has 0 bridgehead atoms. The first-order valence-corrected chi connectivity index (χ1v) is 5.50. The third kappa shape index (κ3) is 1.14. The van der Waals surface area contributed by atoms with Crippen LogP contribution in [0.3, 0.4) is 0 Å². The quantitative estimate of drug-likeness (QED) is 0.538. The maximum atomic E-state index is 4.14. The second-order valence-corrected chi connectivity index (χ2v) is 4.54. The number of benzene rings is 1. The number of pyridine rings is 1. The van der Waals surface area contributed by atoms with Gasteiger partial charge in [0, 0.05) is 23.8 Å². The lowest BCUT2D eigenvalue weighted by Gasteiger charge is -2.19. The van der Waals surface area contributed by atoms with E-state index in [-0.39, 0.29) is 0 Å². The second kappa shape index (κ2) is 2.96. The Hall–Kier alpha value is -1.61. The third-order valence-corrected chi connectivity index (χ3v) is 3.66. The Morgan fingerprint density at radius 1 is 1.00 bits per heavy atom. The van der Waals surface area contributed by atoms with Crippen LogP contribution in [-0.4, -0.2) is 14.5 Å². The van der Waals surface area contributed by atoms with Gasteiger partial charge in [-0.1, -0.05) is 18.2 Å². The fraction of sp³-hybridized carbons (Fsp3) is 0. The van der Waals surface area contributed by atoms with Gasteiger partial charge in [0.1, 0.15) is 9.52 Å². The highest BCUT2D eigenvalue weighted by molar-refractivity contribution is 6.71. The van der Waals surface area contributed by atoms with E-state index in [0.29, 0.717) is 0 Å². The zero-order valence-corrected chi connectivity index (χ0v) is 8.49. The van der Waals surface area contributed by atoms with E-state index in [1.807, 2.05) is 18.5 Å². The summed E-state index contributed by atoms with van der Waals surface area (Å²) in [6, 6.07) is 10.4. The van der Waals surface area contributed by atoms with E-state index in [4.69, 9.17) is 0 Å². The lowest BCUT2D eigenvalue weighted by Crippen LogP contribution is -2.35. The summed E-state index contributed by atoms with van der Waals surface area (Å²) in [6.07, 6.45) is 3.76. The number of aromatic nitrogens is 1. The molecule has 2 radical (unpaired) electrons. The summed E-state index contributed by atoms with van der Waals surface area (Å²) in [6.45, 7) is 0. The molecule has 0 saturated heterocycles. The normalized spacial score (nSPS) is 12.6.